The molecule has 2 rings (SSSR count). The summed E-state index contributed by atoms with van der Waals surface area (Å²) in [6.07, 6.45) is 3.90. The average Bonchev–Trinajstić information content (AvgIpc) is 2.35. The first kappa shape index (κ1) is 13.7. The van der Waals surface area contributed by atoms with Gasteiger partial charge >= 0.3 is 5.97 Å². The van der Waals surface area contributed by atoms with Crippen LogP contribution in [0, 0.1) is 0 Å². The molecule has 0 saturated heterocycles. The molecule has 0 saturated carbocycles. The van der Waals surface area contributed by atoms with Crippen molar-refractivity contribution in [3.8, 4) is 0 Å². The van der Waals surface area contributed by atoms with E-state index in [0.717, 1.165) is 40.4 Å². The molecule has 1 aromatic carbocycles. The Bertz CT molecular complexity index is 561. The summed E-state index contributed by atoms with van der Waals surface area (Å²) in [6.45, 7) is 2.00. The average molecular weight is 278 g/mol. The number of hydrogen-bond donors (Lipinski definition) is 2. The minimum Gasteiger partial charge on any atom is -0.481 e. The first-order valence-corrected chi connectivity index (χ1v) is 6.58. The van der Waals surface area contributed by atoms with Crippen LogP contribution in [0.25, 0.3) is 0 Å². The lowest BCUT2D eigenvalue weighted by molar-refractivity contribution is -0.136. The molecule has 0 aromatic heterocycles. The lowest BCUT2D eigenvalue weighted by Gasteiger charge is -2.19. The smallest absolute Gasteiger partial charge is 0.307 e. The van der Waals surface area contributed by atoms with E-state index in [1.807, 2.05) is 31.2 Å². The van der Waals surface area contributed by atoms with E-state index in [2.05, 4.69) is 11.4 Å². The number of carboxylic acid groups (broad SMARTS) is 1. The van der Waals surface area contributed by atoms with Crippen molar-refractivity contribution in [1.29, 1.82) is 0 Å². The fourth-order valence-corrected chi connectivity index (χ4v) is 2.42. The Morgan fingerprint density at radius 1 is 1.42 bits per heavy atom. The Morgan fingerprint density at radius 3 is 2.84 bits per heavy atom. The highest BCUT2D eigenvalue weighted by Gasteiger charge is 2.14. The zero-order valence-electron chi connectivity index (χ0n) is 10.7. The molecular weight excluding hydrogens is 262 g/mol. The predicted octanol–water partition coefficient (Wildman–Crippen LogP) is 3.92. The van der Waals surface area contributed by atoms with Gasteiger partial charge in [0, 0.05) is 10.7 Å². The molecule has 0 spiro atoms. The number of nitrogens with one attached hydrogen (secondary N) is 1. The Labute approximate surface area is 117 Å². The van der Waals surface area contributed by atoms with Crippen molar-refractivity contribution in [2.45, 2.75) is 26.2 Å². The molecular formula is C15H16ClNO2. The highest BCUT2D eigenvalue weighted by atomic mass is 35.5. The Hall–Kier alpha value is -1.74. The Balaban J connectivity index is 2.28. The van der Waals surface area contributed by atoms with Crippen molar-refractivity contribution in [3.05, 3.63) is 52.2 Å². The van der Waals surface area contributed by atoms with Gasteiger partial charge in [-0.25, -0.2) is 0 Å². The minimum absolute atomic E-state index is 0.00314. The molecule has 2 N–H and O–H groups in total. The molecule has 0 bridgehead atoms. The van der Waals surface area contributed by atoms with E-state index in [4.69, 9.17) is 16.7 Å². The minimum atomic E-state index is -0.842. The SMILES string of the molecule is CC1=CCCC(Cl)=C1Nc1ccccc1CC(=O)O. The lowest BCUT2D eigenvalue weighted by Crippen LogP contribution is -2.10. The number of carboxylic acids is 1. The maximum atomic E-state index is 10.9. The van der Waals surface area contributed by atoms with Crippen LogP contribution in [0.1, 0.15) is 25.3 Å². The third-order valence-corrected chi connectivity index (χ3v) is 3.48. The number of benzene rings is 1. The molecule has 3 nitrogen and oxygen atoms in total. The van der Waals surface area contributed by atoms with Gasteiger partial charge in [-0.3, -0.25) is 4.79 Å². The summed E-state index contributed by atoms with van der Waals surface area (Å²) in [7, 11) is 0. The van der Waals surface area contributed by atoms with Crippen LogP contribution in [-0.4, -0.2) is 11.1 Å². The third-order valence-electron chi connectivity index (χ3n) is 3.10. The number of carbonyl (C=O) groups is 1. The molecule has 0 radical (unpaired) electrons. The van der Waals surface area contributed by atoms with Gasteiger partial charge in [-0.15, -0.1) is 0 Å². The molecule has 1 aliphatic rings. The van der Waals surface area contributed by atoms with Crippen LogP contribution in [0.3, 0.4) is 0 Å². The summed E-state index contributed by atoms with van der Waals surface area (Å²) in [6, 6.07) is 7.40. The van der Waals surface area contributed by atoms with Crippen LogP contribution >= 0.6 is 11.6 Å². The maximum absolute atomic E-state index is 10.9. The molecule has 0 atom stereocenters. The third kappa shape index (κ3) is 3.38. The van der Waals surface area contributed by atoms with Gasteiger partial charge in [0.1, 0.15) is 0 Å². The fraction of sp³-hybridized carbons (Fsp3) is 0.267. The molecule has 0 amide bonds. The van der Waals surface area contributed by atoms with Gasteiger partial charge in [0.2, 0.25) is 0 Å². The van der Waals surface area contributed by atoms with Gasteiger partial charge in [-0.2, -0.15) is 0 Å². The summed E-state index contributed by atoms with van der Waals surface area (Å²) in [5, 5.41) is 13.0. The molecule has 19 heavy (non-hydrogen) atoms. The highest BCUT2D eigenvalue weighted by molar-refractivity contribution is 6.30. The normalized spacial score (nSPS) is 15.2. The number of para-hydroxylation sites is 1. The zero-order chi connectivity index (χ0) is 13.8. The summed E-state index contributed by atoms with van der Waals surface area (Å²) >= 11 is 6.25. The van der Waals surface area contributed by atoms with Crippen molar-refractivity contribution >= 4 is 23.3 Å². The van der Waals surface area contributed by atoms with Crippen molar-refractivity contribution in [2.24, 2.45) is 0 Å². The van der Waals surface area contributed by atoms with Crippen molar-refractivity contribution in [1.82, 2.24) is 0 Å². The first-order chi connectivity index (χ1) is 9.08. The van der Waals surface area contributed by atoms with Crippen LogP contribution in [0.15, 0.2) is 46.6 Å². The fourth-order valence-electron chi connectivity index (χ4n) is 2.12. The zero-order valence-corrected chi connectivity index (χ0v) is 11.5. The van der Waals surface area contributed by atoms with Crippen molar-refractivity contribution in [3.63, 3.8) is 0 Å². The summed E-state index contributed by atoms with van der Waals surface area (Å²) < 4.78 is 0. The molecule has 1 aliphatic carbocycles. The van der Waals surface area contributed by atoms with E-state index >= 15 is 0 Å². The van der Waals surface area contributed by atoms with Gasteiger partial charge in [0.05, 0.1) is 12.1 Å². The number of anilines is 1. The largest absolute Gasteiger partial charge is 0.481 e. The topological polar surface area (TPSA) is 49.3 Å². The van der Waals surface area contributed by atoms with Gasteiger partial charge < -0.3 is 10.4 Å². The Morgan fingerprint density at radius 2 is 2.16 bits per heavy atom. The van der Waals surface area contributed by atoms with E-state index in [1.54, 1.807) is 0 Å². The molecule has 0 aliphatic heterocycles. The second-order valence-electron chi connectivity index (χ2n) is 4.56. The predicted molar refractivity (Wildman–Crippen MR) is 77.3 cm³/mol. The van der Waals surface area contributed by atoms with E-state index in [1.165, 1.54) is 0 Å². The van der Waals surface area contributed by atoms with Crippen LogP contribution in [0.4, 0.5) is 5.69 Å². The Kier molecular flexibility index (Phi) is 4.27. The molecule has 0 heterocycles. The first-order valence-electron chi connectivity index (χ1n) is 6.20. The second-order valence-corrected chi connectivity index (χ2v) is 5.01. The van der Waals surface area contributed by atoms with Crippen LogP contribution in [0.5, 0.6) is 0 Å². The molecule has 1 aromatic rings. The van der Waals surface area contributed by atoms with Crippen LogP contribution in [0.2, 0.25) is 0 Å². The quantitative estimate of drug-likeness (QED) is 0.877. The standard InChI is InChI=1S/C15H16ClNO2/c1-10-5-4-7-12(16)15(10)17-13-8-3-2-6-11(13)9-14(18)19/h2-3,5-6,8,17H,4,7,9H2,1H3,(H,18,19). The van der Waals surface area contributed by atoms with Crippen molar-refractivity contribution < 1.29 is 9.90 Å². The molecule has 100 valence electrons. The van der Waals surface area contributed by atoms with Gasteiger partial charge in [-0.1, -0.05) is 35.9 Å². The number of hydrogen-bond acceptors (Lipinski definition) is 2. The second kappa shape index (κ2) is 5.93. The molecule has 0 fully saturated rings. The van der Waals surface area contributed by atoms with Gasteiger partial charge in [-0.05, 0) is 37.0 Å². The van der Waals surface area contributed by atoms with Crippen LogP contribution < -0.4 is 5.32 Å². The summed E-state index contributed by atoms with van der Waals surface area (Å²) in [4.78, 5) is 10.9. The van der Waals surface area contributed by atoms with Gasteiger partial charge in [0.25, 0.3) is 0 Å². The van der Waals surface area contributed by atoms with E-state index < -0.39 is 5.97 Å². The van der Waals surface area contributed by atoms with E-state index in [-0.39, 0.29) is 6.42 Å². The highest BCUT2D eigenvalue weighted by Crippen LogP contribution is 2.30. The van der Waals surface area contributed by atoms with Crippen LogP contribution in [-0.2, 0) is 11.2 Å². The number of allylic oxidation sites excluding steroid dienone is 3. The van der Waals surface area contributed by atoms with E-state index in [0.29, 0.717) is 0 Å². The number of halogens is 1. The summed E-state index contributed by atoms with van der Waals surface area (Å²) in [5.74, 6) is -0.842. The number of aliphatic carboxylic acids is 1. The monoisotopic (exact) mass is 277 g/mol. The van der Waals surface area contributed by atoms with E-state index in [9.17, 15) is 4.79 Å². The molecule has 0 unspecified atom stereocenters. The van der Waals surface area contributed by atoms with Gasteiger partial charge in [0.15, 0.2) is 0 Å². The lowest BCUT2D eigenvalue weighted by atomic mass is 10.0. The number of rotatable bonds is 4. The van der Waals surface area contributed by atoms with Crippen molar-refractivity contribution in [2.75, 3.05) is 5.32 Å². The maximum Gasteiger partial charge on any atom is 0.307 e. The summed E-state index contributed by atoms with van der Waals surface area (Å²) in [5.41, 5.74) is 3.55. The molecule has 4 heteroatoms.